The first kappa shape index (κ1) is 10.5. The van der Waals surface area contributed by atoms with Crippen LogP contribution in [0.25, 0.3) is 11.0 Å². The van der Waals surface area contributed by atoms with E-state index in [0.717, 1.165) is 22.5 Å². The number of fused-ring (bicyclic) bond motifs is 1. The molecule has 2 heterocycles. The second-order valence-electron chi connectivity index (χ2n) is 3.98. The van der Waals surface area contributed by atoms with E-state index >= 15 is 0 Å². The number of anilines is 3. The highest BCUT2D eigenvalue weighted by atomic mass is 15.3. The zero-order chi connectivity index (χ0) is 12.5. The van der Waals surface area contributed by atoms with Gasteiger partial charge in [-0.3, -0.25) is 4.68 Å². The van der Waals surface area contributed by atoms with E-state index in [4.69, 9.17) is 5.73 Å². The standard InChI is InChI=1S/C12H12N6/c1-18-12-10(6-16-18)11(14-7-15-12)17-9-4-2-3-8(13)5-9/h2-7H,13H2,1H3,(H,14,15,17). The monoisotopic (exact) mass is 240 g/mol. The number of aryl methyl sites for hydroxylation is 1. The molecule has 0 amide bonds. The minimum atomic E-state index is 0.705. The lowest BCUT2D eigenvalue weighted by Crippen LogP contribution is -1.97. The summed E-state index contributed by atoms with van der Waals surface area (Å²) in [5.41, 5.74) is 8.12. The Balaban J connectivity index is 2.05. The molecule has 0 spiro atoms. The first-order valence-electron chi connectivity index (χ1n) is 5.49. The van der Waals surface area contributed by atoms with E-state index in [-0.39, 0.29) is 0 Å². The molecule has 18 heavy (non-hydrogen) atoms. The molecule has 0 radical (unpaired) electrons. The highest BCUT2D eigenvalue weighted by Gasteiger charge is 2.07. The summed E-state index contributed by atoms with van der Waals surface area (Å²) in [6.45, 7) is 0. The maximum absolute atomic E-state index is 5.74. The van der Waals surface area contributed by atoms with Gasteiger partial charge in [-0.15, -0.1) is 0 Å². The van der Waals surface area contributed by atoms with Crippen molar-refractivity contribution in [2.75, 3.05) is 11.1 Å². The molecule has 6 nitrogen and oxygen atoms in total. The van der Waals surface area contributed by atoms with Crippen LogP contribution in [0.5, 0.6) is 0 Å². The largest absolute Gasteiger partial charge is 0.399 e. The predicted molar refractivity (Wildman–Crippen MR) is 70.4 cm³/mol. The normalized spacial score (nSPS) is 10.7. The summed E-state index contributed by atoms with van der Waals surface area (Å²) in [4.78, 5) is 8.41. The fourth-order valence-corrected chi connectivity index (χ4v) is 1.81. The number of nitrogens with one attached hydrogen (secondary N) is 1. The van der Waals surface area contributed by atoms with Crippen molar-refractivity contribution in [3.8, 4) is 0 Å². The molecule has 1 aromatic carbocycles. The third-order valence-corrected chi connectivity index (χ3v) is 2.68. The van der Waals surface area contributed by atoms with E-state index in [0.29, 0.717) is 5.69 Å². The zero-order valence-corrected chi connectivity index (χ0v) is 9.83. The summed E-state index contributed by atoms with van der Waals surface area (Å²) in [6.07, 6.45) is 3.25. The Kier molecular flexibility index (Phi) is 2.33. The van der Waals surface area contributed by atoms with Crippen LogP contribution >= 0.6 is 0 Å². The van der Waals surface area contributed by atoms with E-state index in [1.54, 1.807) is 10.9 Å². The molecule has 0 fully saturated rings. The molecule has 2 aromatic heterocycles. The van der Waals surface area contributed by atoms with Crippen molar-refractivity contribution in [1.82, 2.24) is 19.7 Å². The highest BCUT2D eigenvalue weighted by molar-refractivity contribution is 5.88. The van der Waals surface area contributed by atoms with Crippen molar-refractivity contribution in [3.63, 3.8) is 0 Å². The van der Waals surface area contributed by atoms with Crippen LogP contribution in [0.4, 0.5) is 17.2 Å². The minimum Gasteiger partial charge on any atom is -0.399 e. The van der Waals surface area contributed by atoms with Crippen molar-refractivity contribution in [2.45, 2.75) is 0 Å². The van der Waals surface area contributed by atoms with Gasteiger partial charge in [0.25, 0.3) is 0 Å². The first-order chi connectivity index (χ1) is 8.74. The van der Waals surface area contributed by atoms with Gasteiger partial charge in [0, 0.05) is 18.4 Å². The van der Waals surface area contributed by atoms with Crippen molar-refractivity contribution in [2.24, 2.45) is 7.05 Å². The molecule has 0 aliphatic rings. The lowest BCUT2D eigenvalue weighted by molar-refractivity contribution is 0.785. The van der Waals surface area contributed by atoms with Crippen LogP contribution in [-0.2, 0) is 7.05 Å². The summed E-state index contributed by atoms with van der Waals surface area (Å²) in [7, 11) is 1.85. The molecular weight excluding hydrogens is 228 g/mol. The maximum atomic E-state index is 5.74. The van der Waals surface area contributed by atoms with E-state index in [1.165, 1.54) is 6.33 Å². The summed E-state index contributed by atoms with van der Waals surface area (Å²) in [5.74, 6) is 0.721. The Morgan fingerprint density at radius 3 is 3.00 bits per heavy atom. The molecule has 0 atom stereocenters. The number of hydrogen-bond acceptors (Lipinski definition) is 5. The average molecular weight is 240 g/mol. The smallest absolute Gasteiger partial charge is 0.163 e. The zero-order valence-electron chi connectivity index (χ0n) is 9.83. The number of nitrogens with zero attached hydrogens (tertiary/aromatic N) is 4. The Morgan fingerprint density at radius 2 is 2.17 bits per heavy atom. The van der Waals surface area contributed by atoms with Crippen LogP contribution in [0.15, 0.2) is 36.8 Å². The van der Waals surface area contributed by atoms with Crippen molar-refractivity contribution >= 4 is 28.2 Å². The Hall–Kier alpha value is -2.63. The van der Waals surface area contributed by atoms with Gasteiger partial charge in [0.15, 0.2) is 5.65 Å². The van der Waals surface area contributed by atoms with E-state index < -0.39 is 0 Å². The lowest BCUT2D eigenvalue weighted by atomic mass is 10.3. The number of rotatable bonds is 2. The fraction of sp³-hybridized carbons (Fsp3) is 0.0833. The molecule has 3 rings (SSSR count). The van der Waals surface area contributed by atoms with Gasteiger partial charge >= 0.3 is 0 Å². The van der Waals surface area contributed by atoms with E-state index in [2.05, 4.69) is 20.4 Å². The Morgan fingerprint density at radius 1 is 1.28 bits per heavy atom. The van der Waals surface area contributed by atoms with E-state index in [9.17, 15) is 0 Å². The summed E-state index contributed by atoms with van der Waals surface area (Å²) >= 11 is 0. The van der Waals surface area contributed by atoms with Crippen LogP contribution in [0.3, 0.4) is 0 Å². The van der Waals surface area contributed by atoms with Gasteiger partial charge in [0.2, 0.25) is 0 Å². The number of aromatic nitrogens is 4. The van der Waals surface area contributed by atoms with Crippen LogP contribution in [-0.4, -0.2) is 19.7 Å². The summed E-state index contributed by atoms with van der Waals surface area (Å²) in [5, 5.41) is 8.26. The maximum Gasteiger partial charge on any atom is 0.163 e. The van der Waals surface area contributed by atoms with Crippen LogP contribution < -0.4 is 11.1 Å². The SMILES string of the molecule is Cn1ncc2c(Nc3cccc(N)c3)ncnc21. The third-order valence-electron chi connectivity index (χ3n) is 2.68. The topological polar surface area (TPSA) is 81.7 Å². The molecule has 0 aliphatic carbocycles. The van der Waals surface area contributed by atoms with Crippen LogP contribution in [0, 0.1) is 0 Å². The average Bonchev–Trinajstić information content (AvgIpc) is 2.73. The number of nitrogen functional groups attached to an aromatic ring is 1. The van der Waals surface area contributed by atoms with Crippen molar-refractivity contribution < 1.29 is 0 Å². The Bertz CT molecular complexity index is 703. The van der Waals surface area contributed by atoms with Gasteiger partial charge in [0.1, 0.15) is 12.1 Å². The molecule has 90 valence electrons. The van der Waals surface area contributed by atoms with Crippen LogP contribution in [0.1, 0.15) is 0 Å². The van der Waals surface area contributed by atoms with Crippen LogP contribution in [0.2, 0.25) is 0 Å². The fourth-order valence-electron chi connectivity index (χ4n) is 1.81. The van der Waals surface area contributed by atoms with Gasteiger partial charge in [-0.25, -0.2) is 9.97 Å². The summed E-state index contributed by atoms with van der Waals surface area (Å²) < 4.78 is 1.71. The number of hydrogen-bond donors (Lipinski definition) is 2. The number of nitrogens with two attached hydrogens (primary N) is 1. The second kappa shape index (κ2) is 3.99. The lowest BCUT2D eigenvalue weighted by Gasteiger charge is -2.06. The van der Waals surface area contributed by atoms with Gasteiger partial charge < -0.3 is 11.1 Å². The second-order valence-corrected chi connectivity index (χ2v) is 3.98. The van der Waals surface area contributed by atoms with Gasteiger partial charge in [0.05, 0.1) is 11.6 Å². The molecule has 0 bridgehead atoms. The highest BCUT2D eigenvalue weighted by Crippen LogP contribution is 2.22. The molecule has 0 saturated heterocycles. The van der Waals surface area contributed by atoms with Gasteiger partial charge in [-0.1, -0.05) is 6.07 Å². The molecular formula is C12H12N6. The van der Waals surface area contributed by atoms with Crippen molar-refractivity contribution in [1.29, 1.82) is 0 Å². The summed E-state index contributed by atoms with van der Waals surface area (Å²) in [6, 6.07) is 7.51. The van der Waals surface area contributed by atoms with Gasteiger partial charge in [-0.05, 0) is 18.2 Å². The molecule has 6 heteroatoms. The molecule has 0 unspecified atom stereocenters. The predicted octanol–water partition coefficient (Wildman–Crippen LogP) is 1.69. The molecule has 3 aromatic rings. The molecule has 3 N–H and O–H groups in total. The minimum absolute atomic E-state index is 0.705. The Labute approximate surface area is 103 Å². The van der Waals surface area contributed by atoms with E-state index in [1.807, 2.05) is 31.3 Å². The van der Waals surface area contributed by atoms with Crippen molar-refractivity contribution in [3.05, 3.63) is 36.8 Å². The number of benzene rings is 1. The molecule has 0 aliphatic heterocycles. The quantitative estimate of drug-likeness (QED) is 0.666. The third kappa shape index (κ3) is 1.73. The van der Waals surface area contributed by atoms with Gasteiger partial charge in [-0.2, -0.15) is 5.10 Å². The molecule has 0 saturated carbocycles. The first-order valence-corrected chi connectivity index (χ1v) is 5.49.